The first-order valence-corrected chi connectivity index (χ1v) is 4.13. The summed E-state index contributed by atoms with van der Waals surface area (Å²) in [6.07, 6.45) is 0. The Morgan fingerprint density at radius 3 is 2.57 bits per heavy atom. The van der Waals surface area contributed by atoms with E-state index in [9.17, 15) is 4.79 Å². The first kappa shape index (κ1) is 10.4. The van der Waals surface area contributed by atoms with Gasteiger partial charge in [0.15, 0.2) is 0 Å². The summed E-state index contributed by atoms with van der Waals surface area (Å²) in [5.74, 6) is -0.781. The summed E-state index contributed by atoms with van der Waals surface area (Å²) in [5, 5.41) is 15.5. The van der Waals surface area contributed by atoms with Crippen molar-refractivity contribution in [3.63, 3.8) is 0 Å². The predicted octanol–water partition coefficient (Wildman–Crippen LogP) is 0.742. The molecule has 4 heteroatoms. The van der Waals surface area contributed by atoms with E-state index in [1.807, 2.05) is 30.3 Å². The SMILES string of the molecule is N=C(CO)C(=O)OCc1ccccc1. The number of aliphatic hydroxyl groups excluding tert-OH is 1. The van der Waals surface area contributed by atoms with Crippen LogP contribution in [0.3, 0.4) is 0 Å². The fourth-order valence-corrected chi connectivity index (χ4v) is 0.875. The highest BCUT2D eigenvalue weighted by Gasteiger charge is 2.08. The van der Waals surface area contributed by atoms with Crippen LogP contribution in [-0.2, 0) is 16.1 Å². The van der Waals surface area contributed by atoms with Crippen LogP contribution in [0.1, 0.15) is 5.56 Å². The number of hydrogen-bond donors (Lipinski definition) is 2. The van der Waals surface area contributed by atoms with E-state index in [4.69, 9.17) is 15.3 Å². The number of aliphatic hydroxyl groups is 1. The topological polar surface area (TPSA) is 70.4 Å². The molecule has 0 fully saturated rings. The molecule has 0 saturated carbocycles. The van der Waals surface area contributed by atoms with E-state index in [0.29, 0.717) is 0 Å². The Bertz CT molecular complexity index is 321. The number of hydrogen-bond acceptors (Lipinski definition) is 4. The van der Waals surface area contributed by atoms with E-state index in [1.165, 1.54) is 0 Å². The highest BCUT2D eigenvalue weighted by atomic mass is 16.5. The van der Waals surface area contributed by atoms with Gasteiger partial charge >= 0.3 is 5.97 Å². The molecule has 0 unspecified atom stereocenters. The fraction of sp³-hybridized carbons (Fsp3) is 0.200. The summed E-state index contributed by atoms with van der Waals surface area (Å²) in [4.78, 5) is 10.9. The molecule has 0 heterocycles. The molecule has 1 aromatic rings. The smallest absolute Gasteiger partial charge is 0.354 e. The van der Waals surface area contributed by atoms with E-state index in [-0.39, 0.29) is 6.61 Å². The molecule has 0 amide bonds. The Balaban J connectivity index is 2.42. The largest absolute Gasteiger partial charge is 0.456 e. The Hall–Kier alpha value is -1.68. The molecule has 1 rings (SSSR count). The van der Waals surface area contributed by atoms with Gasteiger partial charge in [-0.25, -0.2) is 4.79 Å². The monoisotopic (exact) mass is 193 g/mol. The lowest BCUT2D eigenvalue weighted by molar-refractivity contribution is -0.137. The van der Waals surface area contributed by atoms with Crippen molar-refractivity contribution in [3.8, 4) is 0 Å². The van der Waals surface area contributed by atoms with Gasteiger partial charge in [0.05, 0.1) is 6.61 Å². The van der Waals surface area contributed by atoms with Gasteiger partial charge in [-0.15, -0.1) is 0 Å². The Kier molecular flexibility index (Phi) is 3.82. The average molecular weight is 193 g/mol. The molecule has 0 aliphatic carbocycles. The molecule has 0 radical (unpaired) electrons. The van der Waals surface area contributed by atoms with Crippen molar-refractivity contribution >= 4 is 11.7 Å². The first-order valence-electron chi connectivity index (χ1n) is 4.13. The molecular formula is C10H11NO3. The number of carbonyl (C=O) groups is 1. The highest BCUT2D eigenvalue weighted by Crippen LogP contribution is 2.00. The van der Waals surface area contributed by atoms with Crippen LogP contribution in [0, 0.1) is 5.41 Å². The van der Waals surface area contributed by atoms with E-state index in [1.54, 1.807) is 0 Å². The molecule has 0 aliphatic rings. The van der Waals surface area contributed by atoms with Gasteiger partial charge in [-0.1, -0.05) is 30.3 Å². The zero-order chi connectivity index (χ0) is 10.4. The van der Waals surface area contributed by atoms with Gasteiger partial charge < -0.3 is 9.84 Å². The second-order valence-corrected chi connectivity index (χ2v) is 2.70. The standard InChI is InChI=1S/C10H11NO3/c11-9(6-12)10(13)14-7-8-4-2-1-3-5-8/h1-5,11-12H,6-7H2. The van der Waals surface area contributed by atoms with Crippen molar-refractivity contribution in [3.05, 3.63) is 35.9 Å². The van der Waals surface area contributed by atoms with Crippen LogP contribution in [0.5, 0.6) is 0 Å². The molecule has 0 aliphatic heterocycles. The van der Waals surface area contributed by atoms with Crippen LogP contribution in [0.15, 0.2) is 30.3 Å². The second kappa shape index (κ2) is 5.14. The quantitative estimate of drug-likeness (QED) is 0.547. The van der Waals surface area contributed by atoms with Crippen LogP contribution >= 0.6 is 0 Å². The summed E-state index contributed by atoms with van der Waals surface area (Å²) in [7, 11) is 0. The van der Waals surface area contributed by atoms with Gasteiger partial charge in [0.25, 0.3) is 0 Å². The van der Waals surface area contributed by atoms with E-state index in [0.717, 1.165) is 5.56 Å². The molecule has 0 bridgehead atoms. The fourth-order valence-electron chi connectivity index (χ4n) is 0.875. The lowest BCUT2D eigenvalue weighted by Crippen LogP contribution is -2.19. The molecule has 0 spiro atoms. The number of rotatable bonds is 4. The third-order valence-electron chi connectivity index (χ3n) is 1.62. The number of benzene rings is 1. The molecular weight excluding hydrogens is 182 g/mol. The van der Waals surface area contributed by atoms with Crippen LogP contribution in [0.25, 0.3) is 0 Å². The van der Waals surface area contributed by atoms with Crippen LogP contribution < -0.4 is 0 Å². The Labute approximate surface area is 81.6 Å². The Morgan fingerprint density at radius 2 is 2.00 bits per heavy atom. The number of nitrogens with one attached hydrogen (secondary N) is 1. The normalized spacial score (nSPS) is 9.50. The lowest BCUT2D eigenvalue weighted by Gasteiger charge is -2.03. The summed E-state index contributed by atoms with van der Waals surface area (Å²) >= 11 is 0. The third-order valence-corrected chi connectivity index (χ3v) is 1.62. The van der Waals surface area contributed by atoms with Crippen LogP contribution in [0.2, 0.25) is 0 Å². The maximum absolute atomic E-state index is 10.9. The molecule has 0 atom stereocenters. The lowest BCUT2D eigenvalue weighted by atomic mass is 10.2. The summed E-state index contributed by atoms with van der Waals surface area (Å²) in [6.45, 7) is -0.463. The maximum atomic E-state index is 10.9. The highest BCUT2D eigenvalue weighted by molar-refractivity contribution is 6.35. The van der Waals surface area contributed by atoms with Crippen LogP contribution in [-0.4, -0.2) is 23.4 Å². The van der Waals surface area contributed by atoms with Crippen molar-refractivity contribution in [1.29, 1.82) is 5.41 Å². The van der Waals surface area contributed by atoms with Crippen molar-refractivity contribution in [1.82, 2.24) is 0 Å². The number of carbonyl (C=O) groups excluding carboxylic acids is 1. The minimum Gasteiger partial charge on any atom is -0.456 e. The summed E-state index contributed by atoms with van der Waals surface area (Å²) in [5.41, 5.74) is 0.424. The number of esters is 1. The predicted molar refractivity (Wildman–Crippen MR) is 51.1 cm³/mol. The van der Waals surface area contributed by atoms with E-state index < -0.39 is 18.3 Å². The van der Waals surface area contributed by atoms with E-state index >= 15 is 0 Å². The minimum absolute atomic E-state index is 0.127. The van der Waals surface area contributed by atoms with Crippen LogP contribution in [0.4, 0.5) is 0 Å². The minimum atomic E-state index is -0.781. The van der Waals surface area contributed by atoms with Gasteiger partial charge in [-0.3, -0.25) is 5.41 Å². The number of ether oxygens (including phenoxy) is 1. The average Bonchev–Trinajstić information content (AvgIpc) is 2.26. The molecule has 14 heavy (non-hydrogen) atoms. The molecule has 0 saturated heterocycles. The first-order chi connectivity index (χ1) is 6.74. The molecule has 0 aromatic heterocycles. The van der Waals surface area contributed by atoms with Gasteiger partial charge in [0, 0.05) is 0 Å². The zero-order valence-electron chi connectivity index (χ0n) is 7.56. The molecule has 74 valence electrons. The van der Waals surface area contributed by atoms with Crippen molar-refractivity contribution < 1.29 is 14.6 Å². The summed E-state index contributed by atoms with van der Waals surface area (Å²) < 4.78 is 4.76. The Morgan fingerprint density at radius 1 is 1.36 bits per heavy atom. The third kappa shape index (κ3) is 2.99. The van der Waals surface area contributed by atoms with Gasteiger partial charge in [0.1, 0.15) is 12.3 Å². The van der Waals surface area contributed by atoms with Gasteiger partial charge in [-0.2, -0.15) is 0 Å². The van der Waals surface area contributed by atoms with Gasteiger partial charge in [-0.05, 0) is 5.56 Å². The summed E-state index contributed by atoms with van der Waals surface area (Å²) in [6, 6.07) is 9.16. The van der Waals surface area contributed by atoms with E-state index in [2.05, 4.69) is 0 Å². The molecule has 2 N–H and O–H groups in total. The zero-order valence-corrected chi connectivity index (χ0v) is 7.56. The van der Waals surface area contributed by atoms with Crippen molar-refractivity contribution in [2.75, 3.05) is 6.61 Å². The maximum Gasteiger partial charge on any atom is 0.354 e. The van der Waals surface area contributed by atoms with Crippen molar-refractivity contribution in [2.24, 2.45) is 0 Å². The molecule has 1 aromatic carbocycles. The van der Waals surface area contributed by atoms with Crippen molar-refractivity contribution in [2.45, 2.75) is 6.61 Å². The van der Waals surface area contributed by atoms with Gasteiger partial charge in [0.2, 0.25) is 0 Å². The molecule has 4 nitrogen and oxygen atoms in total. The second-order valence-electron chi connectivity index (χ2n) is 2.70.